The lowest BCUT2D eigenvalue weighted by Crippen LogP contribution is -2.22. The van der Waals surface area contributed by atoms with Crippen LogP contribution in [0, 0.1) is 0 Å². The number of amides is 2. The van der Waals surface area contributed by atoms with E-state index in [1.165, 1.54) is 11.8 Å². The molecule has 0 radical (unpaired) electrons. The zero-order chi connectivity index (χ0) is 21.1. The van der Waals surface area contributed by atoms with Crippen LogP contribution in [0.5, 0.6) is 0 Å². The molecule has 1 aromatic carbocycles. The van der Waals surface area contributed by atoms with E-state index >= 15 is 0 Å². The zero-order valence-electron chi connectivity index (χ0n) is 15.9. The number of primary amides is 1. The summed E-state index contributed by atoms with van der Waals surface area (Å²) in [5.41, 5.74) is 8.10. The van der Waals surface area contributed by atoms with Gasteiger partial charge in [0.1, 0.15) is 5.69 Å². The highest BCUT2D eigenvalue weighted by Crippen LogP contribution is 2.37. The first-order valence-corrected chi connectivity index (χ1v) is 11.7. The first kappa shape index (κ1) is 20.4. The molecule has 0 saturated carbocycles. The molecule has 0 aliphatic carbocycles. The first-order chi connectivity index (χ1) is 14.5. The van der Waals surface area contributed by atoms with Crippen molar-refractivity contribution in [1.29, 1.82) is 0 Å². The van der Waals surface area contributed by atoms with E-state index in [-0.39, 0.29) is 11.2 Å². The van der Waals surface area contributed by atoms with Gasteiger partial charge in [-0.25, -0.2) is 4.98 Å². The summed E-state index contributed by atoms with van der Waals surface area (Å²) in [6, 6.07) is 14.6. The van der Waals surface area contributed by atoms with Gasteiger partial charge in [-0.2, -0.15) is 0 Å². The van der Waals surface area contributed by atoms with Gasteiger partial charge in [-0.1, -0.05) is 23.9 Å². The summed E-state index contributed by atoms with van der Waals surface area (Å²) >= 11 is 4.64. The van der Waals surface area contributed by atoms with Crippen molar-refractivity contribution < 1.29 is 9.59 Å². The van der Waals surface area contributed by atoms with Gasteiger partial charge in [0.2, 0.25) is 11.8 Å². The number of rotatable bonds is 7. The molecule has 4 aromatic rings. The maximum atomic E-state index is 12.6. The molecule has 9 heteroatoms. The van der Waals surface area contributed by atoms with Gasteiger partial charge in [0, 0.05) is 11.3 Å². The highest BCUT2D eigenvalue weighted by molar-refractivity contribution is 8.00. The van der Waals surface area contributed by atoms with Gasteiger partial charge in [0.15, 0.2) is 5.16 Å². The molecule has 2 amide bonds. The van der Waals surface area contributed by atoms with E-state index in [1.54, 1.807) is 46.9 Å². The van der Waals surface area contributed by atoms with Crippen LogP contribution in [0.25, 0.3) is 21.1 Å². The fourth-order valence-corrected chi connectivity index (χ4v) is 5.03. The van der Waals surface area contributed by atoms with Crippen LogP contribution in [0.2, 0.25) is 0 Å². The number of carbonyl (C=O) groups is 2. The van der Waals surface area contributed by atoms with Crippen molar-refractivity contribution in [3.63, 3.8) is 0 Å². The Morgan fingerprint density at radius 2 is 1.73 bits per heavy atom. The van der Waals surface area contributed by atoms with Crippen molar-refractivity contribution in [3.8, 4) is 21.1 Å². The molecule has 0 saturated heterocycles. The monoisotopic (exact) mass is 454 g/mol. The Morgan fingerprint density at radius 1 is 1.07 bits per heavy atom. The average molecular weight is 455 g/mol. The van der Waals surface area contributed by atoms with Crippen molar-refractivity contribution in [3.05, 3.63) is 64.9 Å². The summed E-state index contributed by atoms with van der Waals surface area (Å²) in [6.07, 6.45) is 0. The maximum absolute atomic E-state index is 12.6. The van der Waals surface area contributed by atoms with E-state index in [9.17, 15) is 9.59 Å². The molecule has 152 valence electrons. The third-order valence-corrected chi connectivity index (χ3v) is 7.05. The van der Waals surface area contributed by atoms with Crippen LogP contribution in [0.4, 0.5) is 5.69 Å². The number of thioether (sulfide) groups is 1. The molecule has 3 heterocycles. The van der Waals surface area contributed by atoms with E-state index in [0.717, 1.165) is 21.1 Å². The smallest absolute Gasteiger partial charge is 0.248 e. The van der Waals surface area contributed by atoms with Gasteiger partial charge >= 0.3 is 0 Å². The number of benzene rings is 1. The van der Waals surface area contributed by atoms with Gasteiger partial charge in [-0.3, -0.25) is 9.59 Å². The van der Waals surface area contributed by atoms with E-state index < -0.39 is 5.91 Å². The fourth-order valence-electron chi connectivity index (χ4n) is 2.78. The molecule has 0 aliphatic heterocycles. The minimum Gasteiger partial charge on any atom is -0.366 e. The molecule has 30 heavy (non-hydrogen) atoms. The number of nitrogens with two attached hydrogens (primary N) is 1. The molecule has 0 fully saturated rings. The quantitative estimate of drug-likeness (QED) is 0.339. The highest BCUT2D eigenvalue weighted by atomic mass is 32.2. The summed E-state index contributed by atoms with van der Waals surface area (Å²) in [5.74, 6) is -0.656. The lowest BCUT2D eigenvalue weighted by Gasteiger charge is -2.10. The minimum absolute atomic E-state index is 0.154. The Labute approximate surface area is 185 Å². The molecule has 4 N–H and O–H groups in total. The fraction of sp³-hybridized carbons (Fsp3) is 0.0952. The lowest BCUT2D eigenvalue weighted by molar-refractivity contribution is -0.115. The number of anilines is 1. The van der Waals surface area contributed by atoms with E-state index in [1.807, 2.05) is 35.9 Å². The Bertz CT molecular complexity index is 1100. The maximum Gasteiger partial charge on any atom is 0.248 e. The van der Waals surface area contributed by atoms with Gasteiger partial charge in [-0.05, 0) is 54.1 Å². The van der Waals surface area contributed by atoms with Crippen LogP contribution in [0.3, 0.4) is 0 Å². The van der Waals surface area contributed by atoms with Crippen LogP contribution in [0.15, 0.2) is 64.4 Å². The Morgan fingerprint density at radius 3 is 2.33 bits per heavy atom. The van der Waals surface area contributed by atoms with Gasteiger partial charge in [0.25, 0.3) is 0 Å². The van der Waals surface area contributed by atoms with Crippen molar-refractivity contribution in [1.82, 2.24) is 9.97 Å². The second-order valence-corrected chi connectivity index (χ2v) is 9.64. The van der Waals surface area contributed by atoms with Crippen molar-refractivity contribution >= 4 is 51.9 Å². The number of thiophene rings is 2. The molecule has 4 rings (SSSR count). The predicted molar refractivity (Wildman–Crippen MR) is 124 cm³/mol. The number of carbonyl (C=O) groups excluding carboxylic acids is 2. The van der Waals surface area contributed by atoms with Crippen LogP contribution in [-0.4, -0.2) is 27.0 Å². The van der Waals surface area contributed by atoms with Gasteiger partial charge < -0.3 is 16.0 Å². The van der Waals surface area contributed by atoms with Crippen molar-refractivity contribution in [2.24, 2.45) is 5.73 Å². The SMILES string of the molecule is CC(Sc1nc(-c2cccs2)c(-c2cccs2)[nH]1)C(=O)Nc1ccc(C(N)=O)cc1. The Balaban J connectivity index is 1.50. The van der Waals surface area contributed by atoms with Crippen LogP contribution in [0.1, 0.15) is 17.3 Å². The molecule has 0 spiro atoms. The second kappa shape index (κ2) is 8.86. The number of H-pyrrole nitrogens is 1. The third kappa shape index (κ3) is 4.48. The molecule has 6 nitrogen and oxygen atoms in total. The molecule has 1 unspecified atom stereocenters. The minimum atomic E-state index is -0.502. The molecule has 0 bridgehead atoms. The van der Waals surface area contributed by atoms with Crippen LogP contribution in [-0.2, 0) is 4.79 Å². The van der Waals surface area contributed by atoms with E-state index in [0.29, 0.717) is 16.4 Å². The van der Waals surface area contributed by atoms with Crippen molar-refractivity contribution in [2.45, 2.75) is 17.3 Å². The standard InChI is InChI=1S/C21H18N4O2S3/c1-12(20(27)23-14-8-6-13(7-9-14)19(22)26)30-21-24-17(15-4-2-10-28-15)18(25-21)16-5-3-11-29-16/h2-12H,1H3,(H2,22,26)(H,23,27)(H,24,25). The largest absolute Gasteiger partial charge is 0.366 e. The first-order valence-electron chi connectivity index (χ1n) is 9.06. The van der Waals surface area contributed by atoms with Gasteiger partial charge in [0.05, 0.1) is 20.7 Å². The summed E-state index contributed by atoms with van der Waals surface area (Å²) in [5, 5.41) is 7.22. The summed E-state index contributed by atoms with van der Waals surface area (Å²) in [7, 11) is 0. The van der Waals surface area contributed by atoms with E-state index in [4.69, 9.17) is 10.7 Å². The number of aromatic amines is 1. The number of aromatic nitrogens is 2. The topological polar surface area (TPSA) is 101 Å². The lowest BCUT2D eigenvalue weighted by atomic mass is 10.2. The highest BCUT2D eigenvalue weighted by Gasteiger charge is 2.20. The normalized spacial score (nSPS) is 11.9. The summed E-state index contributed by atoms with van der Waals surface area (Å²) in [4.78, 5) is 34.1. The summed E-state index contributed by atoms with van der Waals surface area (Å²) in [6.45, 7) is 1.83. The summed E-state index contributed by atoms with van der Waals surface area (Å²) < 4.78 is 0. The number of hydrogen-bond acceptors (Lipinski definition) is 6. The average Bonchev–Trinajstić information content (AvgIpc) is 3.49. The molecule has 3 aromatic heterocycles. The Hall–Kier alpha value is -2.88. The van der Waals surface area contributed by atoms with Crippen LogP contribution >= 0.6 is 34.4 Å². The number of hydrogen-bond donors (Lipinski definition) is 3. The molecule has 1 atom stereocenters. The second-order valence-electron chi connectivity index (χ2n) is 6.41. The van der Waals surface area contributed by atoms with Crippen molar-refractivity contribution in [2.75, 3.05) is 5.32 Å². The third-order valence-electron chi connectivity index (χ3n) is 4.30. The van der Waals surface area contributed by atoms with Gasteiger partial charge in [-0.15, -0.1) is 22.7 Å². The molecular formula is C21H18N4O2S3. The molecular weight excluding hydrogens is 436 g/mol. The molecule has 0 aliphatic rings. The number of nitrogens with one attached hydrogen (secondary N) is 2. The van der Waals surface area contributed by atoms with Crippen LogP contribution < -0.4 is 11.1 Å². The predicted octanol–water partition coefficient (Wildman–Crippen LogP) is 5.08. The zero-order valence-corrected chi connectivity index (χ0v) is 18.4. The Kier molecular flexibility index (Phi) is 6.03. The number of imidazole rings is 1. The number of nitrogens with zero attached hydrogens (tertiary/aromatic N) is 1. The van der Waals surface area contributed by atoms with E-state index in [2.05, 4.69) is 16.4 Å².